The molecule has 1 aliphatic heterocycles. The highest BCUT2D eigenvalue weighted by Gasteiger charge is 2.23. The van der Waals surface area contributed by atoms with E-state index in [2.05, 4.69) is 27.3 Å². The smallest absolute Gasteiger partial charge is 0.238 e. The summed E-state index contributed by atoms with van der Waals surface area (Å²) in [6.45, 7) is 11.2. The van der Waals surface area contributed by atoms with E-state index in [0.717, 1.165) is 17.7 Å². The topological polar surface area (TPSA) is 91.6 Å². The van der Waals surface area contributed by atoms with E-state index >= 15 is 0 Å². The summed E-state index contributed by atoms with van der Waals surface area (Å²) in [6, 6.07) is 7.88. The van der Waals surface area contributed by atoms with Gasteiger partial charge in [0.05, 0.1) is 6.54 Å². The van der Waals surface area contributed by atoms with Gasteiger partial charge in [0.25, 0.3) is 0 Å². The third kappa shape index (κ3) is 6.63. The summed E-state index contributed by atoms with van der Waals surface area (Å²) in [6.07, 6.45) is 2.63. The number of carbonyl (C=O) groups excluding carboxylic acids is 2. The molecule has 0 radical (unpaired) electrons. The molecule has 0 bridgehead atoms. The van der Waals surface area contributed by atoms with Crippen LogP contribution in [0.4, 0.5) is 5.69 Å². The number of anilines is 1. The lowest BCUT2D eigenvalue weighted by molar-refractivity contribution is -0.133. The molecule has 32 heavy (non-hydrogen) atoms. The maximum absolute atomic E-state index is 12.6. The Morgan fingerprint density at radius 2 is 1.84 bits per heavy atom. The second-order valence-corrected chi connectivity index (χ2v) is 9.33. The van der Waals surface area contributed by atoms with Crippen LogP contribution >= 0.6 is 0 Å². The SMILES string of the molecule is CCc1ccccc1NC(=O)CN1CCN(C(=O)CCCc2nc(C(C)(C)C)no2)CC1. The molecule has 3 rings (SSSR count). The number of hydrogen-bond donors (Lipinski definition) is 1. The Morgan fingerprint density at radius 1 is 1.12 bits per heavy atom. The van der Waals surface area contributed by atoms with Gasteiger partial charge in [-0.25, -0.2) is 0 Å². The third-order valence-corrected chi connectivity index (χ3v) is 5.68. The number of nitrogens with one attached hydrogen (secondary N) is 1. The van der Waals surface area contributed by atoms with Gasteiger partial charge in [0.1, 0.15) is 0 Å². The fraction of sp³-hybridized carbons (Fsp3) is 0.583. The Labute approximate surface area is 190 Å². The molecule has 1 aromatic carbocycles. The van der Waals surface area contributed by atoms with Crippen LogP contribution in [0.2, 0.25) is 0 Å². The molecule has 1 saturated heterocycles. The molecular formula is C24H35N5O3. The summed E-state index contributed by atoms with van der Waals surface area (Å²) in [5, 5.41) is 7.04. The molecule has 174 valence electrons. The van der Waals surface area contributed by atoms with Crippen molar-refractivity contribution >= 4 is 17.5 Å². The van der Waals surface area contributed by atoms with Gasteiger partial charge >= 0.3 is 0 Å². The Morgan fingerprint density at radius 3 is 2.50 bits per heavy atom. The molecule has 1 N–H and O–H groups in total. The number of aryl methyl sites for hydroxylation is 2. The second kappa shape index (κ2) is 10.7. The van der Waals surface area contributed by atoms with E-state index in [0.29, 0.717) is 63.7 Å². The van der Waals surface area contributed by atoms with Crippen LogP contribution in [0.15, 0.2) is 28.8 Å². The molecule has 1 fully saturated rings. The zero-order chi connectivity index (χ0) is 23.1. The Bertz CT molecular complexity index is 910. The Kier molecular flexibility index (Phi) is 8.01. The molecule has 0 aliphatic carbocycles. The molecule has 2 heterocycles. The fourth-order valence-electron chi connectivity index (χ4n) is 3.71. The normalized spacial score (nSPS) is 15.1. The molecule has 0 saturated carbocycles. The Hall–Kier alpha value is -2.74. The molecule has 0 unspecified atom stereocenters. The molecule has 0 spiro atoms. The highest BCUT2D eigenvalue weighted by atomic mass is 16.5. The number of amides is 2. The first kappa shape index (κ1) is 23.9. The van der Waals surface area contributed by atoms with Crippen LogP contribution in [0.3, 0.4) is 0 Å². The summed E-state index contributed by atoms with van der Waals surface area (Å²) >= 11 is 0. The summed E-state index contributed by atoms with van der Waals surface area (Å²) in [4.78, 5) is 33.4. The zero-order valence-corrected chi connectivity index (χ0v) is 19.7. The average molecular weight is 442 g/mol. The lowest BCUT2D eigenvalue weighted by atomic mass is 9.96. The van der Waals surface area contributed by atoms with Crippen molar-refractivity contribution in [3.8, 4) is 0 Å². The number of rotatable bonds is 8. The summed E-state index contributed by atoms with van der Waals surface area (Å²) < 4.78 is 5.30. The van der Waals surface area contributed by atoms with E-state index in [9.17, 15) is 9.59 Å². The minimum atomic E-state index is -0.145. The van der Waals surface area contributed by atoms with Crippen LogP contribution in [0.25, 0.3) is 0 Å². The predicted molar refractivity (Wildman–Crippen MR) is 123 cm³/mol. The van der Waals surface area contributed by atoms with E-state index in [1.54, 1.807) is 0 Å². The van der Waals surface area contributed by atoms with Gasteiger partial charge in [0.15, 0.2) is 5.82 Å². The van der Waals surface area contributed by atoms with Crippen molar-refractivity contribution in [2.75, 3.05) is 38.0 Å². The first-order valence-electron chi connectivity index (χ1n) is 11.5. The summed E-state index contributed by atoms with van der Waals surface area (Å²) in [5.74, 6) is 1.40. The zero-order valence-electron chi connectivity index (χ0n) is 19.7. The van der Waals surface area contributed by atoms with Crippen LogP contribution in [0.5, 0.6) is 0 Å². The molecule has 0 atom stereocenters. The van der Waals surface area contributed by atoms with Gasteiger partial charge in [-0.1, -0.05) is 51.1 Å². The predicted octanol–water partition coefficient (Wildman–Crippen LogP) is 3.04. The van der Waals surface area contributed by atoms with Crippen molar-refractivity contribution in [1.29, 1.82) is 0 Å². The number of benzene rings is 1. The number of nitrogens with zero attached hydrogens (tertiary/aromatic N) is 4. The molecule has 1 aliphatic rings. The van der Waals surface area contributed by atoms with Gasteiger partial charge in [-0.2, -0.15) is 4.98 Å². The van der Waals surface area contributed by atoms with Gasteiger partial charge in [-0.15, -0.1) is 0 Å². The van der Waals surface area contributed by atoms with Gasteiger partial charge in [0.2, 0.25) is 17.7 Å². The number of aromatic nitrogens is 2. The van der Waals surface area contributed by atoms with E-state index < -0.39 is 0 Å². The highest BCUT2D eigenvalue weighted by Crippen LogP contribution is 2.19. The maximum Gasteiger partial charge on any atom is 0.238 e. The Balaban J connectivity index is 1.37. The molecule has 2 aromatic rings. The van der Waals surface area contributed by atoms with Crippen molar-refractivity contribution in [1.82, 2.24) is 19.9 Å². The molecular weight excluding hydrogens is 406 g/mol. The van der Waals surface area contributed by atoms with Crippen molar-refractivity contribution in [3.63, 3.8) is 0 Å². The van der Waals surface area contributed by atoms with E-state index in [1.807, 2.05) is 49.9 Å². The number of para-hydroxylation sites is 1. The van der Waals surface area contributed by atoms with Gasteiger partial charge in [0, 0.05) is 50.1 Å². The monoisotopic (exact) mass is 441 g/mol. The fourth-order valence-corrected chi connectivity index (χ4v) is 3.71. The van der Waals surface area contributed by atoms with Gasteiger partial charge < -0.3 is 14.7 Å². The van der Waals surface area contributed by atoms with Crippen LogP contribution in [-0.2, 0) is 27.8 Å². The minimum absolute atomic E-state index is 0.0140. The number of carbonyl (C=O) groups is 2. The maximum atomic E-state index is 12.6. The first-order chi connectivity index (χ1) is 15.3. The average Bonchev–Trinajstić information content (AvgIpc) is 3.24. The van der Waals surface area contributed by atoms with Crippen molar-refractivity contribution in [2.45, 2.75) is 58.8 Å². The van der Waals surface area contributed by atoms with Crippen molar-refractivity contribution < 1.29 is 14.1 Å². The molecule has 1 aromatic heterocycles. The number of hydrogen-bond acceptors (Lipinski definition) is 6. The van der Waals surface area contributed by atoms with Crippen LogP contribution in [-0.4, -0.2) is 64.5 Å². The minimum Gasteiger partial charge on any atom is -0.340 e. The van der Waals surface area contributed by atoms with Gasteiger partial charge in [-0.3, -0.25) is 14.5 Å². The highest BCUT2D eigenvalue weighted by molar-refractivity contribution is 5.93. The lowest BCUT2D eigenvalue weighted by Crippen LogP contribution is -2.50. The van der Waals surface area contributed by atoms with E-state index in [-0.39, 0.29) is 17.2 Å². The molecule has 8 nitrogen and oxygen atoms in total. The lowest BCUT2D eigenvalue weighted by Gasteiger charge is -2.34. The van der Waals surface area contributed by atoms with E-state index in [1.165, 1.54) is 0 Å². The molecule has 2 amide bonds. The molecule has 8 heteroatoms. The summed E-state index contributed by atoms with van der Waals surface area (Å²) in [5.41, 5.74) is 1.86. The van der Waals surface area contributed by atoms with Crippen molar-refractivity contribution in [2.24, 2.45) is 0 Å². The second-order valence-electron chi connectivity index (χ2n) is 9.33. The quantitative estimate of drug-likeness (QED) is 0.677. The van der Waals surface area contributed by atoms with Crippen LogP contribution in [0.1, 0.15) is 57.8 Å². The van der Waals surface area contributed by atoms with Crippen molar-refractivity contribution in [3.05, 3.63) is 41.5 Å². The van der Waals surface area contributed by atoms with Crippen LogP contribution in [0, 0.1) is 0 Å². The van der Waals surface area contributed by atoms with E-state index in [4.69, 9.17) is 4.52 Å². The summed E-state index contributed by atoms with van der Waals surface area (Å²) in [7, 11) is 0. The van der Waals surface area contributed by atoms with Crippen LogP contribution < -0.4 is 5.32 Å². The third-order valence-electron chi connectivity index (χ3n) is 5.68. The number of piperazine rings is 1. The standard InChI is InChI=1S/C24H35N5O3/c1-5-18-9-6-7-10-19(18)25-20(30)17-28-13-15-29(16-14-28)22(31)12-8-11-21-26-23(27-32-21)24(2,3)4/h6-7,9-10H,5,8,11-17H2,1-4H3,(H,25,30). The first-order valence-corrected chi connectivity index (χ1v) is 11.5. The van der Waals surface area contributed by atoms with Gasteiger partial charge in [-0.05, 0) is 24.5 Å². The largest absolute Gasteiger partial charge is 0.340 e.